The fourth-order valence-corrected chi connectivity index (χ4v) is 5.88. The minimum atomic E-state index is -0.993. The molecule has 10 nitrogen and oxygen atoms in total. The molecular weight excluding hydrogens is 607 g/mol. The minimum Gasteiger partial charge on any atom is -0.478 e. The monoisotopic (exact) mass is 638 g/mol. The SMILES string of the molecule is COCCN/C=C(\C=N)c1cc(Cl)c(C(=O)N2COc3c(cccc3-c3ccc(C(=O)O)c(N4CCOCC4)c3)C2)c(Cl)c1. The van der Waals surface area contributed by atoms with Crippen LogP contribution in [0.15, 0.2) is 54.7 Å². The Bertz CT molecular complexity index is 1580. The number of hydrogen-bond acceptors (Lipinski definition) is 8. The molecular formula is C32H32Cl2N4O6. The highest BCUT2D eigenvalue weighted by atomic mass is 35.5. The molecule has 0 aliphatic carbocycles. The van der Waals surface area contributed by atoms with Crippen LogP contribution < -0.4 is 15.0 Å². The van der Waals surface area contributed by atoms with Crippen LogP contribution >= 0.6 is 23.2 Å². The van der Waals surface area contributed by atoms with Crippen molar-refractivity contribution in [2.45, 2.75) is 6.54 Å². The quantitative estimate of drug-likeness (QED) is 0.199. The van der Waals surface area contributed by atoms with E-state index in [1.54, 1.807) is 37.6 Å². The molecule has 0 aromatic heterocycles. The van der Waals surface area contributed by atoms with Crippen LogP contribution in [-0.4, -0.2) is 81.4 Å². The molecule has 2 aliphatic rings. The summed E-state index contributed by atoms with van der Waals surface area (Å²) in [6, 6.07) is 14.2. The number of fused-ring (bicyclic) bond motifs is 1. The first kappa shape index (κ1) is 31.3. The van der Waals surface area contributed by atoms with Gasteiger partial charge in [-0.25, -0.2) is 4.79 Å². The van der Waals surface area contributed by atoms with E-state index in [9.17, 15) is 14.7 Å². The number of benzene rings is 3. The van der Waals surface area contributed by atoms with Gasteiger partial charge in [0.05, 0.1) is 53.2 Å². The molecule has 0 radical (unpaired) electrons. The van der Waals surface area contributed by atoms with Crippen LogP contribution in [-0.2, 0) is 16.0 Å². The number of morpholine rings is 1. The summed E-state index contributed by atoms with van der Waals surface area (Å²) >= 11 is 13.2. The Kier molecular flexibility index (Phi) is 10.1. The number of amides is 1. The van der Waals surface area contributed by atoms with Crippen molar-refractivity contribution in [2.24, 2.45) is 0 Å². The standard InChI is InChI=1S/C32H32Cl2N4O6/c1-42-10-7-36-17-23(16-35)22-13-26(33)29(27(34)14-22)31(39)38-18-21-3-2-4-24(30(21)44-19-38)20-5-6-25(32(40)41)28(15-20)37-8-11-43-12-9-37/h2-6,13-17,35-36H,7-12,18-19H2,1H3,(H,40,41)/b23-17+,35-16?. The zero-order valence-electron chi connectivity index (χ0n) is 24.1. The molecule has 1 saturated heterocycles. The number of methoxy groups -OCH3 is 1. The van der Waals surface area contributed by atoms with E-state index in [0.717, 1.165) is 16.7 Å². The number of nitrogens with one attached hydrogen (secondary N) is 2. The van der Waals surface area contributed by atoms with Gasteiger partial charge in [-0.15, -0.1) is 0 Å². The third-order valence-corrected chi connectivity index (χ3v) is 8.05. The number of carbonyl (C=O) groups excluding carboxylic acids is 1. The van der Waals surface area contributed by atoms with E-state index in [4.69, 9.17) is 42.8 Å². The van der Waals surface area contributed by atoms with Crippen molar-refractivity contribution in [1.29, 1.82) is 5.41 Å². The number of carboxylic acids is 1. The van der Waals surface area contributed by atoms with Gasteiger partial charge in [-0.05, 0) is 35.4 Å². The van der Waals surface area contributed by atoms with E-state index < -0.39 is 5.97 Å². The maximum absolute atomic E-state index is 13.6. The lowest BCUT2D eigenvalue weighted by Crippen LogP contribution is -2.37. The average Bonchev–Trinajstić information content (AvgIpc) is 3.04. The number of hydrogen-bond donors (Lipinski definition) is 3. The molecule has 12 heteroatoms. The topological polar surface area (TPSA) is 124 Å². The highest BCUT2D eigenvalue weighted by Gasteiger charge is 2.29. The number of aromatic carboxylic acids is 1. The summed E-state index contributed by atoms with van der Waals surface area (Å²) in [4.78, 5) is 29.2. The van der Waals surface area contributed by atoms with Crippen molar-refractivity contribution in [3.05, 3.63) is 87.0 Å². The molecule has 0 bridgehead atoms. The Morgan fingerprint density at radius 1 is 1.11 bits per heavy atom. The van der Waals surface area contributed by atoms with Crippen molar-refractivity contribution in [2.75, 3.05) is 58.2 Å². The molecule has 44 heavy (non-hydrogen) atoms. The first-order valence-corrected chi connectivity index (χ1v) is 14.7. The molecule has 5 rings (SSSR count). The zero-order valence-corrected chi connectivity index (χ0v) is 25.6. The van der Waals surface area contributed by atoms with Crippen LogP contribution in [0.3, 0.4) is 0 Å². The maximum Gasteiger partial charge on any atom is 0.337 e. The summed E-state index contributed by atoms with van der Waals surface area (Å²) in [6.07, 6.45) is 2.84. The highest BCUT2D eigenvalue weighted by molar-refractivity contribution is 6.40. The number of para-hydroxylation sites is 1. The summed E-state index contributed by atoms with van der Waals surface area (Å²) < 4.78 is 16.6. The van der Waals surface area contributed by atoms with Crippen molar-refractivity contribution >= 4 is 52.6 Å². The first-order chi connectivity index (χ1) is 21.3. The van der Waals surface area contributed by atoms with E-state index in [0.29, 0.717) is 62.0 Å². The summed E-state index contributed by atoms with van der Waals surface area (Å²) in [7, 11) is 1.60. The molecule has 3 N–H and O–H groups in total. The van der Waals surface area contributed by atoms with Crippen LogP contribution in [0.25, 0.3) is 16.7 Å². The number of halogens is 2. The van der Waals surface area contributed by atoms with E-state index >= 15 is 0 Å². The third-order valence-electron chi connectivity index (χ3n) is 7.45. The maximum atomic E-state index is 13.6. The molecule has 3 aromatic carbocycles. The second kappa shape index (κ2) is 14.1. The predicted octanol–water partition coefficient (Wildman–Crippen LogP) is 5.41. The Hall–Kier alpha value is -4.09. The van der Waals surface area contributed by atoms with Gasteiger partial charge in [-0.1, -0.05) is 47.5 Å². The van der Waals surface area contributed by atoms with Gasteiger partial charge in [0, 0.05) is 55.9 Å². The molecule has 1 amide bonds. The fourth-order valence-electron chi connectivity index (χ4n) is 5.23. The lowest BCUT2D eigenvalue weighted by molar-refractivity contribution is 0.0516. The first-order valence-electron chi connectivity index (χ1n) is 14.0. The van der Waals surface area contributed by atoms with E-state index in [2.05, 4.69) is 5.32 Å². The number of rotatable bonds is 10. The van der Waals surface area contributed by atoms with Crippen molar-refractivity contribution in [1.82, 2.24) is 10.2 Å². The molecule has 1 fully saturated rings. The molecule has 230 valence electrons. The van der Waals surface area contributed by atoms with Crippen LogP contribution in [0.5, 0.6) is 5.75 Å². The number of carbonyl (C=O) groups is 2. The molecule has 0 saturated carbocycles. The van der Waals surface area contributed by atoms with Gasteiger partial charge in [-0.3, -0.25) is 4.79 Å². The Labute approximate surface area is 265 Å². The fraction of sp³-hybridized carbons (Fsp3) is 0.281. The summed E-state index contributed by atoms with van der Waals surface area (Å²) in [6.45, 7) is 3.55. The Morgan fingerprint density at radius 3 is 2.55 bits per heavy atom. The van der Waals surface area contributed by atoms with Gasteiger partial charge >= 0.3 is 5.97 Å². The lowest BCUT2D eigenvalue weighted by atomic mass is 9.97. The van der Waals surface area contributed by atoms with Crippen molar-refractivity contribution in [3.8, 4) is 16.9 Å². The molecule has 2 heterocycles. The van der Waals surface area contributed by atoms with Gasteiger partial charge < -0.3 is 39.8 Å². The largest absolute Gasteiger partial charge is 0.478 e. The summed E-state index contributed by atoms with van der Waals surface area (Å²) in [5, 5.41) is 21.0. The van der Waals surface area contributed by atoms with Crippen LogP contribution in [0, 0.1) is 5.41 Å². The second-order valence-electron chi connectivity index (χ2n) is 10.2. The summed E-state index contributed by atoms with van der Waals surface area (Å²) in [5.41, 5.74) is 4.53. The van der Waals surface area contributed by atoms with E-state index in [1.165, 1.54) is 11.1 Å². The molecule has 3 aromatic rings. The predicted molar refractivity (Wildman–Crippen MR) is 170 cm³/mol. The van der Waals surface area contributed by atoms with Gasteiger partial charge in [-0.2, -0.15) is 0 Å². The minimum absolute atomic E-state index is 0.0319. The summed E-state index contributed by atoms with van der Waals surface area (Å²) in [5.74, 6) is -0.754. The molecule has 0 spiro atoms. The van der Waals surface area contributed by atoms with Gasteiger partial charge in [0.15, 0.2) is 6.73 Å². The number of nitrogens with zero attached hydrogens (tertiary/aromatic N) is 2. The molecule has 0 unspecified atom stereocenters. The Balaban J connectivity index is 1.39. The van der Waals surface area contributed by atoms with Crippen molar-refractivity contribution in [3.63, 3.8) is 0 Å². The second-order valence-corrected chi connectivity index (χ2v) is 11.0. The van der Waals surface area contributed by atoms with Crippen LogP contribution in [0.1, 0.15) is 31.8 Å². The number of carboxylic acid groups (broad SMARTS) is 1. The molecule has 0 atom stereocenters. The highest BCUT2D eigenvalue weighted by Crippen LogP contribution is 2.39. The lowest BCUT2D eigenvalue weighted by Gasteiger charge is -2.32. The average molecular weight is 640 g/mol. The van der Waals surface area contributed by atoms with E-state index in [1.807, 2.05) is 29.2 Å². The Morgan fingerprint density at radius 2 is 1.86 bits per heavy atom. The number of allylic oxidation sites excluding steroid dienone is 1. The molecule has 2 aliphatic heterocycles. The van der Waals surface area contributed by atoms with Crippen molar-refractivity contribution < 1.29 is 28.9 Å². The van der Waals surface area contributed by atoms with Gasteiger partial charge in [0.25, 0.3) is 5.91 Å². The normalized spacial score (nSPS) is 14.9. The van der Waals surface area contributed by atoms with Crippen LogP contribution in [0.4, 0.5) is 5.69 Å². The number of ether oxygens (including phenoxy) is 3. The van der Waals surface area contributed by atoms with E-state index in [-0.39, 0.29) is 40.4 Å². The third kappa shape index (κ3) is 6.68. The van der Waals surface area contributed by atoms with Gasteiger partial charge in [0.1, 0.15) is 5.75 Å². The number of anilines is 1. The van der Waals surface area contributed by atoms with Gasteiger partial charge in [0.2, 0.25) is 0 Å². The van der Waals surface area contributed by atoms with Crippen LogP contribution in [0.2, 0.25) is 10.0 Å². The zero-order chi connectivity index (χ0) is 31.2. The smallest absolute Gasteiger partial charge is 0.337 e.